The summed E-state index contributed by atoms with van der Waals surface area (Å²) < 4.78 is 11.2. The summed E-state index contributed by atoms with van der Waals surface area (Å²) in [5, 5.41) is 4.24. The van der Waals surface area contributed by atoms with Crippen molar-refractivity contribution in [1.29, 1.82) is 0 Å². The number of hydrogen-bond donors (Lipinski definition) is 1. The van der Waals surface area contributed by atoms with Gasteiger partial charge in [0, 0.05) is 12.5 Å². The molecule has 2 rings (SSSR count). The largest absolute Gasteiger partial charge is 0.497 e. The lowest BCUT2D eigenvalue weighted by molar-refractivity contribution is 0.317. The van der Waals surface area contributed by atoms with Gasteiger partial charge in [-0.05, 0) is 59.5 Å². The summed E-state index contributed by atoms with van der Waals surface area (Å²) in [6.07, 6.45) is 1.71. The van der Waals surface area contributed by atoms with Crippen molar-refractivity contribution >= 4 is 11.3 Å². The molecule has 0 saturated heterocycles. The monoisotopic (exact) mass is 291 g/mol. The molecule has 4 heteroatoms. The van der Waals surface area contributed by atoms with Crippen LogP contribution in [0.25, 0.3) is 0 Å². The van der Waals surface area contributed by atoms with Crippen LogP contribution in [0.5, 0.6) is 11.5 Å². The van der Waals surface area contributed by atoms with Crippen molar-refractivity contribution < 1.29 is 9.47 Å². The molecule has 0 aliphatic heterocycles. The maximum absolute atomic E-state index is 5.90. The average Bonchev–Trinajstić information content (AvgIpc) is 2.93. The minimum Gasteiger partial charge on any atom is -0.497 e. The molecule has 2 aromatic rings. The van der Waals surface area contributed by atoms with Gasteiger partial charge in [0.15, 0.2) is 0 Å². The van der Waals surface area contributed by atoms with Crippen molar-refractivity contribution in [2.24, 2.45) is 5.73 Å². The van der Waals surface area contributed by atoms with Crippen LogP contribution < -0.4 is 15.2 Å². The van der Waals surface area contributed by atoms with Crippen LogP contribution in [0.15, 0.2) is 35.0 Å². The first-order valence-corrected chi connectivity index (χ1v) is 7.69. The van der Waals surface area contributed by atoms with Gasteiger partial charge >= 0.3 is 0 Å². The fraction of sp³-hybridized carbons (Fsp3) is 0.375. The highest BCUT2D eigenvalue weighted by molar-refractivity contribution is 7.07. The highest BCUT2D eigenvalue weighted by Gasteiger charge is 2.08. The standard InChI is InChI=1S/C16H21NO2S/c1-12(17)9-14-10-15(18-2)3-4-16(14)19-7-5-13-6-8-20-11-13/h3-4,6,8,10-12H,5,7,9,17H2,1-2H3. The van der Waals surface area contributed by atoms with Crippen molar-refractivity contribution in [3.63, 3.8) is 0 Å². The van der Waals surface area contributed by atoms with Gasteiger partial charge in [-0.25, -0.2) is 0 Å². The van der Waals surface area contributed by atoms with E-state index in [-0.39, 0.29) is 6.04 Å². The summed E-state index contributed by atoms with van der Waals surface area (Å²) in [6.45, 7) is 2.67. The third-order valence-corrected chi connectivity index (χ3v) is 3.77. The number of ether oxygens (including phenoxy) is 2. The quantitative estimate of drug-likeness (QED) is 0.851. The lowest BCUT2D eigenvalue weighted by Gasteiger charge is -2.14. The van der Waals surface area contributed by atoms with E-state index in [1.807, 2.05) is 25.1 Å². The molecule has 1 heterocycles. The predicted octanol–water partition coefficient (Wildman–Crippen LogP) is 3.27. The highest BCUT2D eigenvalue weighted by Crippen LogP contribution is 2.25. The molecule has 0 amide bonds. The van der Waals surface area contributed by atoms with Gasteiger partial charge in [-0.15, -0.1) is 0 Å². The Morgan fingerprint density at radius 1 is 1.30 bits per heavy atom. The van der Waals surface area contributed by atoms with Crippen LogP contribution in [-0.2, 0) is 12.8 Å². The average molecular weight is 291 g/mol. The van der Waals surface area contributed by atoms with Gasteiger partial charge in [0.05, 0.1) is 13.7 Å². The van der Waals surface area contributed by atoms with E-state index in [0.717, 1.165) is 29.9 Å². The zero-order valence-electron chi connectivity index (χ0n) is 12.0. The second kappa shape index (κ2) is 7.31. The Hall–Kier alpha value is -1.52. The third kappa shape index (κ3) is 4.25. The van der Waals surface area contributed by atoms with Crippen LogP contribution in [-0.4, -0.2) is 19.8 Å². The number of thiophene rings is 1. The third-order valence-electron chi connectivity index (χ3n) is 3.04. The maximum Gasteiger partial charge on any atom is 0.122 e. The molecule has 1 aromatic carbocycles. The molecule has 0 aliphatic rings. The molecular formula is C16H21NO2S. The van der Waals surface area contributed by atoms with Gasteiger partial charge in [0.2, 0.25) is 0 Å². The van der Waals surface area contributed by atoms with Crippen LogP contribution in [0.4, 0.5) is 0 Å². The second-order valence-corrected chi connectivity index (χ2v) is 5.67. The van der Waals surface area contributed by atoms with Crippen LogP contribution in [0.2, 0.25) is 0 Å². The Morgan fingerprint density at radius 2 is 2.15 bits per heavy atom. The number of methoxy groups -OCH3 is 1. The number of hydrogen-bond acceptors (Lipinski definition) is 4. The first kappa shape index (κ1) is 14.9. The van der Waals surface area contributed by atoms with Crippen LogP contribution in [0, 0.1) is 0 Å². The van der Waals surface area contributed by atoms with Gasteiger partial charge < -0.3 is 15.2 Å². The SMILES string of the molecule is COc1ccc(OCCc2ccsc2)c(CC(C)N)c1. The maximum atomic E-state index is 5.90. The Labute approximate surface area is 124 Å². The van der Waals surface area contributed by atoms with Crippen LogP contribution in [0.1, 0.15) is 18.1 Å². The molecule has 0 aliphatic carbocycles. The number of benzene rings is 1. The summed E-state index contributed by atoms with van der Waals surface area (Å²) >= 11 is 1.71. The fourth-order valence-corrected chi connectivity index (χ4v) is 2.75. The van der Waals surface area contributed by atoms with Gasteiger partial charge in [-0.2, -0.15) is 11.3 Å². The molecule has 0 fully saturated rings. The zero-order chi connectivity index (χ0) is 14.4. The van der Waals surface area contributed by atoms with E-state index in [0.29, 0.717) is 6.61 Å². The smallest absolute Gasteiger partial charge is 0.122 e. The lowest BCUT2D eigenvalue weighted by Crippen LogP contribution is -2.18. The molecule has 0 radical (unpaired) electrons. The molecular weight excluding hydrogens is 270 g/mol. The van der Waals surface area contributed by atoms with E-state index >= 15 is 0 Å². The molecule has 0 saturated carbocycles. The Kier molecular flexibility index (Phi) is 5.44. The van der Waals surface area contributed by atoms with Crippen molar-refractivity contribution in [1.82, 2.24) is 0 Å². The first-order chi connectivity index (χ1) is 9.69. The number of nitrogens with two attached hydrogens (primary N) is 1. The molecule has 20 heavy (non-hydrogen) atoms. The lowest BCUT2D eigenvalue weighted by atomic mass is 10.1. The van der Waals surface area contributed by atoms with E-state index in [2.05, 4.69) is 16.8 Å². The Balaban J connectivity index is 2.01. The molecule has 0 spiro atoms. The van der Waals surface area contributed by atoms with Gasteiger partial charge in [-0.3, -0.25) is 0 Å². The first-order valence-electron chi connectivity index (χ1n) is 6.75. The Morgan fingerprint density at radius 3 is 2.80 bits per heavy atom. The van der Waals surface area contributed by atoms with Crippen molar-refractivity contribution in [3.8, 4) is 11.5 Å². The van der Waals surface area contributed by atoms with Crippen LogP contribution in [0.3, 0.4) is 0 Å². The minimum absolute atomic E-state index is 0.0985. The fourth-order valence-electron chi connectivity index (χ4n) is 2.04. The van der Waals surface area contributed by atoms with E-state index in [9.17, 15) is 0 Å². The summed E-state index contributed by atoms with van der Waals surface area (Å²) in [7, 11) is 1.67. The van der Waals surface area contributed by atoms with Crippen molar-refractivity contribution in [3.05, 3.63) is 46.2 Å². The summed E-state index contributed by atoms with van der Waals surface area (Å²) in [6, 6.07) is 8.12. The normalized spacial score (nSPS) is 12.2. The molecule has 1 aromatic heterocycles. The summed E-state index contributed by atoms with van der Waals surface area (Å²) in [5.41, 5.74) is 8.31. The highest BCUT2D eigenvalue weighted by atomic mass is 32.1. The van der Waals surface area contributed by atoms with E-state index in [4.69, 9.17) is 15.2 Å². The van der Waals surface area contributed by atoms with E-state index in [1.165, 1.54) is 5.56 Å². The second-order valence-electron chi connectivity index (χ2n) is 4.89. The van der Waals surface area contributed by atoms with Gasteiger partial charge in [0.1, 0.15) is 11.5 Å². The van der Waals surface area contributed by atoms with Crippen molar-refractivity contribution in [2.75, 3.05) is 13.7 Å². The topological polar surface area (TPSA) is 44.5 Å². The summed E-state index contributed by atoms with van der Waals surface area (Å²) in [5.74, 6) is 1.74. The minimum atomic E-state index is 0.0985. The molecule has 108 valence electrons. The molecule has 1 atom stereocenters. The van der Waals surface area contributed by atoms with Gasteiger partial charge in [-0.1, -0.05) is 0 Å². The van der Waals surface area contributed by atoms with E-state index < -0.39 is 0 Å². The zero-order valence-corrected chi connectivity index (χ0v) is 12.8. The van der Waals surface area contributed by atoms with Crippen molar-refractivity contribution in [2.45, 2.75) is 25.8 Å². The molecule has 1 unspecified atom stereocenters. The van der Waals surface area contributed by atoms with E-state index in [1.54, 1.807) is 18.4 Å². The molecule has 2 N–H and O–H groups in total. The molecule has 3 nitrogen and oxygen atoms in total. The van der Waals surface area contributed by atoms with Crippen LogP contribution >= 0.6 is 11.3 Å². The van der Waals surface area contributed by atoms with Gasteiger partial charge in [0.25, 0.3) is 0 Å². The summed E-state index contributed by atoms with van der Waals surface area (Å²) in [4.78, 5) is 0. The predicted molar refractivity (Wildman–Crippen MR) is 83.9 cm³/mol. The molecule has 0 bridgehead atoms. The number of rotatable bonds is 7. The Bertz CT molecular complexity index is 523.